The molecular formula is C17H25N3O6. The van der Waals surface area contributed by atoms with Crippen LogP contribution >= 0.6 is 0 Å². The summed E-state index contributed by atoms with van der Waals surface area (Å²) in [5.74, 6) is -3.04. The van der Waals surface area contributed by atoms with Crippen molar-refractivity contribution in [3.63, 3.8) is 0 Å². The summed E-state index contributed by atoms with van der Waals surface area (Å²) >= 11 is 0. The molecule has 0 aromatic rings. The average molecular weight is 367 g/mol. The molecule has 0 unspecified atom stereocenters. The minimum Gasteiger partial charge on any atom is -0.454 e. The van der Waals surface area contributed by atoms with Crippen molar-refractivity contribution in [3.8, 4) is 0 Å². The van der Waals surface area contributed by atoms with Crippen LogP contribution in [0.5, 0.6) is 0 Å². The fourth-order valence-electron chi connectivity index (χ4n) is 3.39. The highest BCUT2D eigenvalue weighted by Crippen LogP contribution is 2.38. The molecule has 0 spiro atoms. The van der Waals surface area contributed by atoms with E-state index >= 15 is 0 Å². The molecule has 144 valence electrons. The Kier molecular flexibility index (Phi) is 6.33. The van der Waals surface area contributed by atoms with E-state index < -0.39 is 30.6 Å². The Bertz CT molecular complexity index is 594. The lowest BCUT2D eigenvalue weighted by Gasteiger charge is -2.21. The first-order chi connectivity index (χ1) is 12.2. The van der Waals surface area contributed by atoms with Crippen molar-refractivity contribution in [3.05, 3.63) is 0 Å². The predicted octanol–water partition coefficient (Wildman–Crippen LogP) is 0.328. The number of likely N-dealkylation sites (tertiary alicyclic amines) is 1. The molecule has 0 aromatic heterocycles. The van der Waals surface area contributed by atoms with Crippen LogP contribution in [-0.4, -0.2) is 53.3 Å². The van der Waals surface area contributed by atoms with Crippen molar-refractivity contribution in [2.45, 2.75) is 58.5 Å². The first-order valence-corrected chi connectivity index (χ1v) is 8.86. The third-order valence-electron chi connectivity index (χ3n) is 4.62. The largest absolute Gasteiger partial charge is 0.454 e. The molecule has 9 heteroatoms. The van der Waals surface area contributed by atoms with Gasteiger partial charge < -0.3 is 10.1 Å². The van der Waals surface area contributed by atoms with Crippen LogP contribution in [0.4, 0.5) is 4.79 Å². The van der Waals surface area contributed by atoms with Gasteiger partial charge in [-0.2, -0.15) is 0 Å². The van der Waals surface area contributed by atoms with E-state index in [4.69, 9.17) is 4.74 Å². The first kappa shape index (κ1) is 19.9. The summed E-state index contributed by atoms with van der Waals surface area (Å²) in [4.78, 5) is 61.0. The Morgan fingerprint density at radius 1 is 1.08 bits per heavy atom. The van der Waals surface area contributed by atoms with Gasteiger partial charge in [0.15, 0.2) is 6.61 Å². The number of amides is 5. The summed E-state index contributed by atoms with van der Waals surface area (Å²) in [6.07, 6.45) is 3.10. The molecule has 9 nitrogen and oxygen atoms in total. The van der Waals surface area contributed by atoms with Gasteiger partial charge in [-0.1, -0.05) is 12.8 Å². The number of rotatable bonds is 5. The van der Waals surface area contributed by atoms with E-state index in [9.17, 15) is 24.0 Å². The van der Waals surface area contributed by atoms with Crippen molar-refractivity contribution in [1.29, 1.82) is 0 Å². The lowest BCUT2D eigenvalue weighted by Crippen LogP contribution is -2.46. The molecule has 1 saturated heterocycles. The first-order valence-electron chi connectivity index (χ1n) is 8.86. The summed E-state index contributed by atoms with van der Waals surface area (Å²) in [7, 11) is 0. The highest BCUT2D eigenvalue weighted by molar-refractivity contribution is 6.08. The summed E-state index contributed by atoms with van der Waals surface area (Å²) in [6.45, 7) is 4.19. The number of carbonyl (C=O) groups excluding carboxylic acids is 5. The van der Waals surface area contributed by atoms with Crippen LogP contribution in [0.3, 0.4) is 0 Å². The Balaban J connectivity index is 1.87. The lowest BCUT2D eigenvalue weighted by atomic mass is 9.81. The van der Waals surface area contributed by atoms with Crippen LogP contribution < -0.4 is 10.6 Å². The maximum absolute atomic E-state index is 12.4. The lowest BCUT2D eigenvalue weighted by molar-refractivity contribution is -0.159. The number of nitrogens with one attached hydrogen (secondary N) is 2. The van der Waals surface area contributed by atoms with Gasteiger partial charge in [-0.25, -0.2) is 9.59 Å². The van der Waals surface area contributed by atoms with Crippen LogP contribution in [0.2, 0.25) is 0 Å². The highest BCUT2D eigenvalue weighted by Gasteiger charge is 2.51. The molecule has 1 aliphatic carbocycles. The van der Waals surface area contributed by atoms with Crippen LogP contribution in [-0.2, 0) is 23.9 Å². The smallest absolute Gasteiger partial charge is 0.329 e. The summed E-state index contributed by atoms with van der Waals surface area (Å²) in [5.41, 5.74) is 0. The molecule has 1 aliphatic heterocycles. The van der Waals surface area contributed by atoms with E-state index in [2.05, 4.69) is 5.32 Å². The van der Waals surface area contributed by atoms with Crippen LogP contribution in [0.1, 0.15) is 46.5 Å². The second kappa shape index (κ2) is 8.29. The third kappa shape index (κ3) is 4.39. The Morgan fingerprint density at radius 2 is 1.62 bits per heavy atom. The van der Waals surface area contributed by atoms with Crippen molar-refractivity contribution in [1.82, 2.24) is 15.5 Å². The number of carbonyl (C=O) groups is 5. The minimum atomic E-state index is -1.10. The van der Waals surface area contributed by atoms with E-state index in [0.717, 1.165) is 17.7 Å². The van der Waals surface area contributed by atoms with Gasteiger partial charge in [-0.15, -0.1) is 0 Å². The van der Waals surface area contributed by atoms with Gasteiger partial charge >= 0.3 is 12.0 Å². The van der Waals surface area contributed by atoms with E-state index in [-0.39, 0.29) is 29.7 Å². The van der Waals surface area contributed by atoms with Gasteiger partial charge in [0.25, 0.3) is 5.91 Å². The minimum absolute atomic E-state index is 0.152. The Labute approximate surface area is 151 Å². The number of esters is 1. The maximum atomic E-state index is 12.4. The van der Waals surface area contributed by atoms with Crippen molar-refractivity contribution < 1.29 is 28.7 Å². The standard InChI is InChI=1S/C17H25N3O6/c1-9(2)18-17(25)19-13(21)8-26-16(24)10(3)20-14(22)11-6-4-5-7-12(11)15(20)23/h9-12H,4-8H2,1-3H3,(H2,18,19,21,25)/t10-,11+,12+/m0/s1. The van der Waals surface area contributed by atoms with E-state index in [1.165, 1.54) is 6.92 Å². The average Bonchev–Trinajstić information content (AvgIpc) is 2.82. The van der Waals surface area contributed by atoms with Gasteiger partial charge in [-0.05, 0) is 33.6 Å². The zero-order valence-electron chi connectivity index (χ0n) is 15.2. The number of ether oxygens (including phenoxy) is 1. The molecule has 3 atom stereocenters. The summed E-state index contributed by atoms with van der Waals surface area (Å²) in [6, 6.07) is -1.94. The van der Waals surface area contributed by atoms with Gasteiger partial charge in [0.1, 0.15) is 6.04 Å². The van der Waals surface area contributed by atoms with Crippen LogP contribution in [0, 0.1) is 11.8 Å². The quantitative estimate of drug-likeness (QED) is 0.533. The Hall–Kier alpha value is -2.45. The molecule has 2 aliphatic rings. The number of hydrogen-bond donors (Lipinski definition) is 2. The van der Waals surface area contributed by atoms with E-state index in [0.29, 0.717) is 12.8 Å². The number of imide groups is 2. The molecule has 2 fully saturated rings. The third-order valence-corrected chi connectivity index (χ3v) is 4.62. The van der Waals surface area contributed by atoms with Gasteiger partial charge in [0.05, 0.1) is 11.8 Å². The van der Waals surface area contributed by atoms with Crippen molar-refractivity contribution in [2.75, 3.05) is 6.61 Å². The monoisotopic (exact) mass is 367 g/mol. The Morgan fingerprint density at radius 3 is 2.12 bits per heavy atom. The summed E-state index contributed by atoms with van der Waals surface area (Å²) in [5, 5.41) is 4.48. The SMILES string of the molecule is CC(C)NC(=O)NC(=O)COC(=O)[C@H](C)N1C(=O)[C@@H]2CCCC[C@H]2C1=O. The molecule has 0 bridgehead atoms. The number of urea groups is 1. The van der Waals surface area contributed by atoms with E-state index in [1.807, 2.05) is 5.32 Å². The fourth-order valence-corrected chi connectivity index (χ4v) is 3.39. The zero-order valence-corrected chi connectivity index (χ0v) is 15.2. The van der Waals surface area contributed by atoms with Crippen molar-refractivity contribution in [2.24, 2.45) is 11.8 Å². The summed E-state index contributed by atoms with van der Waals surface area (Å²) < 4.78 is 4.86. The van der Waals surface area contributed by atoms with Crippen molar-refractivity contribution >= 4 is 29.7 Å². The molecule has 2 rings (SSSR count). The van der Waals surface area contributed by atoms with Gasteiger partial charge in [-0.3, -0.25) is 24.6 Å². The second-order valence-corrected chi connectivity index (χ2v) is 7.00. The van der Waals surface area contributed by atoms with Gasteiger partial charge in [0, 0.05) is 6.04 Å². The topological polar surface area (TPSA) is 122 Å². The molecule has 5 amide bonds. The zero-order chi connectivity index (χ0) is 19.4. The number of nitrogens with zero attached hydrogens (tertiary/aromatic N) is 1. The molecule has 1 heterocycles. The predicted molar refractivity (Wildman–Crippen MR) is 89.5 cm³/mol. The number of hydrogen-bond acceptors (Lipinski definition) is 6. The van der Waals surface area contributed by atoms with Crippen LogP contribution in [0.25, 0.3) is 0 Å². The fraction of sp³-hybridized carbons (Fsp3) is 0.706. The molecule has 0 aromatic carbocycles. The normalized spacial score (nSPS) is 23.5. The van der Waals surface area contributed by atoms with Gasteiger partial charge in [0.2, 0.25) is 11.8 Å². The van der Waals surface area contributed by atoms with Crippen LogP contribution in [0.15, 0.2) is 0 Å². The molecule has 1 saturated carbocycles. The second-order valence-electron chi connectivity index (χ2n) is 7.00. The number of fused-ring (bicyclic) bond motifs is 1. The molecule has 26 heavy (non-hydrogen) atoms. The molecule has 0 radical (unpaired) electrons. The highest BCUT2D eigenvalue weighted by atomic mass is 16.5. The van der Waals surface area contributed by atoms with E-state index in [1.54, 1.807) is 13.8 Å². The maximum Gasteiger partial charge on any atom is 0.329 e. The molecular weight excluding hydrogens is 342 g/mol. The molecule has 2 N–H and O–H groups in total.